The summed E-state index contributed by atoms with van der Waals surface area (Å²) in [6, 6.07) is 1.70. The van der Waals surface area contributed by atoms with E-state index in [1.165, 1.54) is 32.4 Å². The molecule has 2 nitrogen and oxygen atoms in total. The first kappa shape index (κ1) is 11.7. The fourth-order valence-electron chi connectivity index (χ4n) is 5.69. The maximum Gasteiger partial charge on any atom is 0.0124 e. The molecule has 0 aromatic carbocycles. The van der Waals surface area contributed by atoms with E-state index < -0.39 is 0 Å². The molecule has 5 fully saturated rings. The second-order valence-electron chi connectivity index (χ2n) is 7.49. The van der Waals surface area contributed by atoms with Gasteiger partial charge >= 0.3 is 0 Å². The second kappa shape index (κ2) is 4.79. The van der Waals surface area contributed by atoms with Crippen LogP contribution in [0.25, 0.3) is 0 Å². The van der Waals surface area contributed by atoms with Gasteiger partial charge in [0, 0.05) is 12.1 Å². The van der Waals surface area contributed by atoms with E-state index >= 15 is 0 Å². The molecule has 4 saturated carbocycles. The molecule has 18 heavy (non-hydrogen) atoms. The van der Waals surface area contributed by atoms with Gasteiger partial charge in [0.25, 0.3) is 0 Å². The van der Waals surface area contributed by atoms with E-state index in [0.717, 1.165) is 35.8 Å². The van der Waals surface area contributed by atoms with Gasteiger partial charge in [-0.25, -0.2) is 0 Å². The first-order valence-corrected chi connectivity index (χ1v) is 8.35. The van der Waals surface area contributed by atoms with Crippen LogP contribution in [0.15, 0.2) is 0 Å². The van der Waals surface area contributed by atoms with Crippen LogP contribution in [-0.4, -0.2) is 25.2 Å². The maximum absolute atomic E-state index is 3.95. The van der Waals surface area contributed by atoms with Crippen LogP contribution in [0.2, 0.25) is 0 Å². The van der Waals surface area contributed by atoms with E-state index in [-0.39, 0.29) is 0 Å². The van der Waals surface area contributed by atoms with Crippen molar-refractivity contribution < 1.29 is 0 Å². The van der Waals surface area contributed by atoms with E-state index in [0.29, 0.717) is 0 Å². The summed E-state index contributed by atoms with van der Waals surface area (Å²) >= 11 is 0. The molecule has 5 aliphatic rings. The second-order valence-corrected chi connectivity index (χ2v) is 7.49. The number of hydrogen-bond acceptors (Lipinski definition) is 2. The van der Waals surface area contributed by atoms with E-state index in [1.807, 2.05) is 0 Å². The zero-order chi connectivity index (χ0) is 11.9. The van der Waals surface area contributed by atoms with Crippen molar-refractivity contribution in [3.8, 4) is 0 Å². The van der Waals surface area contributed by atoms with Crippen molar-refractivity contribution in [3.63, 3.8) is 0 Å². The number of rotatable bonds is 4. The summed E-state index contributed by atoms with van der Waals surface area (Å²) in [6.45, 7) is 2.51. The molecule has 0 aromatic heterocycles. The van der Waals surface area contributed by atoms with Gasteiger partial charge < -0.3 is 10.6 Å². The summed E-state index contributed by atoms with van der Waals surface area (Å²) in [6.07, 6.45) is 11.9. The van der Waals surface area contributed by atoms with Crippen molar-refractivity contribution in [2.45, 2.75) is 63.5 Å². The molecule has 1 aliphatic heterocycles. The molecule has 4 aliphatic carbocycles. The molecule has 1 heterocycles. The normalized spacial score (nSPS) is 50.0. The summed E-state index contributed by atoms with van der Waals surface area (Å²) in [5.74, 6) is 4.31. The fraction of sp³-hybridized carbons (Fsp3) is 1.00. The molecule has 1 atom stereocenters. The van der Waals surface area contributed by atoms with Gasteiger partial charge in [0.2, 0.25) is 0 Å². The summed E-state index contributed by atoms with van der Waals surface area (Å²) in [7, 11) is 0. The van der Waals surface area contributed by atoms with Crippen LogP contribution >= 0.6 is 0 Å². The molecule has 0 aromatic rings. The lowest BCUT2D eigenvalue weighted by Gasteiger charge is -2.54. The topological polar surface area (TPSA) is 24.1 Å². The predicted octanol–water partition coefficient (Wildman–Crippen LogP) is 2.54. The van der Waals surface area contributed by atoms with Crippen LogP contribution < -0.4 is 10.6 Å². The highest BCUT2D eigenvalue weighted by atomic mass is 15.0. The van der Waals surface area contributed by atoms with E-state index in [1.54, 1.807) is 32.1 Å². The molecule has 0 amide bonds. The van der Waals surface area contributed by atoms with Gasteiger partial charge in [-0.3, -0.25) is 0 Å². The Hall–Kier alpha value is -0.0800. The smallest absolute Gasteiger partial charge is 0.0124 e. The zero-order valence-electron chi connectivity index (χ0n) is 11.5. The monoisotopic (exact) mass is 248 g/mol. The molecule has 0 radical (unpaired) electrons. The van der Waals surface area contributed by atoms with Crippen molar-refractivity contribution in [2.24, 2.45) is 23.7 Å². The molecule has 1 unspecified atom stereocenters. The lowest BCUT2D eigenvalue weighted by molar-refractivity contribution is -0.0137. The summed E-state index contributed by atoms with van der Waals surface area (Å²) in [4.78, 5) is 0. The summed E-state index contributed by atoms with van der Waals surface area (Å²) < 4.78 is 0. The molecule has 5 rings (SSSR count). The van der Waals surface area contributed by atoms with Crippen LogP contribution in [0.4, 0.5) is 0 Å². The Morgan fingerprint density at radius 1 is 0.944 bits per heavy atom. The molecule has 0 spiro atoms. The van der Waals surface area contributed by atoms with Crippen LogP contribution in [-0.2, 0) is 0 Å². The maximum atomic E-state index is 3.95. The highest BCUT2D eigenvalue weighted by Gasteiger charge is 2.47. The summed E-state index contributed by atoms with van der Waals surface area (Å²) in [5.41, 5.74) is 0. The van der Waals surface area contributed by atoms with Crippen molar-refractivity contribution in [2.75, 3.05) is 13.1 Å². The largest absolute Gasteiger partial charge is 0.314 e. The zero-order valence-corrected chi connectivity index (χ0v) is 11.5. The summed E-state index contributed by atoms with van der Waals surface area (Å²) in [5, 5.41) is 7.57. The van der Waals surface area contributed by atoms with Gasteiger partial charge in [-0.15, -0.1) is 0 Å². The average Bonchev–Trinajstić information content (AvgIpc) is 2.85. The standard InChI is InChI=1S/C16H28N2/c1-2-15(17-4-1)3-5-18-16-13-7-11-6-12(9-13)10-14(16)8-11/h11-18H,1-10H2. The first-order valence-electron chi connectivity index (χ1n) is 8.35. The number of nitrogens with one attached hydrogen (secondary N) is 2. The van der Waals surface area contributed by atoms with Gasteiger partial charge in [-0.05, 0) is 88.1 Å². The van der Waals surface area contributed by atoms with Crippen molar-refractivity contribution in [1.82, 2.24) is 10.6 Å². The van der Waals surface area contributed by atoms with Crippen LogP contribution in [0, 0.1) is 23.7 Å². The van der Waals surface area contributed by atoms with Crippen molar-refractivity contribution in [3.05, 3.63) is 0 Å². The minimum atomic E-state index is 0.814. The molecular weight excluding hydrogens is 220 g/mol. The van der Waals surface area contributed by atoms with Gasteiger partial charge in [0.05, 0.1) is 0 Å². The van der Waals surface area contributed by atoms with Gasteiger partial charge in [-0.1, -0.05) is 0 Å². The Balaban J connectivity index is 1.29. The van der Waals surface area contributed by atoms with Gasteiger partial charge in [-0.2, -0.15) is 0 Å². The quantitative estimate of drug-likeness (QED) is 0.799. The van der Waals surface area contributed by atoms with Crippen LogP contribution in [0.5, 0.6) is 0 Å². The minimum Gasteiger partial charge on any atom is -0.314 e. The lowest BCUT2D eigenvalue weighted by atomic mass is 9.54. The third-order valence-electron chi connectivity index (χ3n) is 6.26. The van der Waals surface area contributed by atoms with Crippen molar-refractivity contribution >= 4 is 0 Å². The average molecular weight is 248 g/mol. The van der Waals surface area contributed by atoms with E-state index in [9.17, 15) is 0 Å². The minimum absolute atomic E-state index is 0.814. The Morgan fingerprint density at radius 3 is 2.28 bits per heavy atom. The predicted molar refractivity (Wildman–Crippen MR) is 74.5 cm³/mol. The first-order chi connectivity index (χ1) is 8.88. The Labute approximate surface area is 111 Å². The molecule has 102 valence electrons. The van der Waals surface area contributed by atoms with Crippen molar-refractivity contribution in [1.29, 1.82) is 0 Å². The number of hydrogen-bond donors (Lipinski definition) is 2. The Bertz CT molecular complexity index is 267. The molecule has 2 heteroatoms. The fourth-order valence-corrected chi connectivity index (χ4v) is 5.69. The Kier molecular flexibility index (Phi) is 3.12. The SMILES string of the molecule is C1CNC(CCNC2C3CC4CC(C3)CC2C4)C1. The molecule has 2 N–H and O–H groups in total. The van der Waals surface area contributed by atoms with Crippen LogP contribution in [0.1, 0.15) is 51.4 Å². The third kappa shape index (κ3) is 2.12. The van der Waals surface area contributed by atoms with Gasteiger partial charge in [0.15, 0.2) is 0 Å². The van der Waals surface area contributed by atoms with Crippen LogP contribution in [0.3, 0.4) is 0 Å². The molecular formula is C16H28N2. The Morgan fingerprint density at radius 2 is 1.67 bits per heavy atom. The lowest BCUT2D eigenvalue weighted by Crippen LogP contribution is -2.54. The third-order valence-corrected chi connectivity index (χ3v) is 6.26. The highest BCUT2D eigenvalue weighted by Crippen LogP contribution is 2.53. The van der Waals surface area contributed by atoms with E-state index in [4.69, 9.17) is 0 Å². The van der Waals surface area contributed by atoms with Gasteiger partial charge in [0.1, 0.15) is 0 Å². The highest BCUT2D eigenvalue weighted by molar-refractivity contribution is 5.01. The molecule has 4 bridgehead atoms. The van der Waals surface area contributed by atoms with E-state index in [2.05, 4.69) is 10.6 Å². The molecule has 1 saturated heterocycles.